The van der Waals surface area contributed by atoms with Gasteiger partial charge in [-0.05, 0) is 50.8 Å². The first-order chi connectivity index (χ1) is 14.9. The monoisotopic (exact) mass is 426 g/mol. The standard InChI is InChI=1S/C23H24F2N4O2/c1-13-3-7-17-21(29(13)23(30)14-4-5-14)10-8-16(20-12-28(2)27-26-20)22(17)31-15-6-9-18(24)19(25)11-15/h6,8-11,13-14,20H,3-5,7,12H2,1-2H3. The second-order valence-corrected chi connectivity index (χ2v) is 8.59. The summed E-state index contributed by atoms with van der Waals surface area (Å²) < 4.78 is 33.4. The van der Waals surface area contributed by atoms with Gasteiger partial charge in [-0.2, -0.15) is 5.11 Å². The Kier molecular flexibility index (Phi) is 4.87. The molecule has 3 aliphatic rings. The maximum Gasteiger partial charge on any atom is 0.230 e. The third-order valence-electron chi connectivity index (χ3n) is 6.19. The number of nitrogens with zero attached hydrogens (tertiary/aromatic N) is 4. The average molecular weight is 426 g/mol. The first-order valence-electron chi connectivity index (χ1n) is 10.7. The Morgan fingerprint density at radius 3 is 2.61 bits per heavy atom. The fourth-order valence-electron chi connectivity index (χ4n) is 4.36. The van der Waals surface area contributed by atoms with E-state index >= 15 is 0 Å². The van der Waals surface area contributed by atoms with E-state index in [1.54, 1.807) is 5.01 Å². The molecule has 0 N–H and O–H groups in total. The highest BCUT2D eigenvalue weighted by molar-refractivity contribution is 5.98. The van der Waals surface area contributed by atoms with Crippen LogP contribution in [-0.4, -0.2) is 30.6 Å². The van der Waals surface area contributed by atoms with Gasteiger partial charge in [-0.1, -0.05) is 11.3 Å². The van der Waals surface area contributed by atoms with Crippen molar-refractivity contribution in [3.8, 4) is 11.5 Å². The van der Waals surface area contributed by atoms with Crippen LogP contribution in [0.3, 0.4) is 0 Å². The van der Waals surface area contributed by atoms with Gasteiger partial charge in [0.25, 0.3) is 0 Å². The molecule has 31 heavy (non-hydrogen) atoms. The van der Waals surface area contributed by atoms with Crippen LogP contribution < -0.4 is 9.64 Å². The molecule has 6 nitrogen and oxygen atoms in total. The molecule has 2 aromatic carbocycles. The van der Waals surface area contributed by atoms with Crippen molar-refractivity contribution in [3.63, 3.8) is 0 Å². The fourth-order valence-corrected chi connectivity index (χ4v) is 4.36. The van der Waals surface area contributed by atoms with E-state index < -0.39 is 11.6 Å². The first kappa shape index (κ1) is 19.9. The third kappa shape index (κ3) is 3.64. The lowest BCUT2D eigenvalue weighted by Gasteiger charge is -2.37. The zero-order valence-corrected chi connectivity index (χ0v) is 17.5. The summed E-state index contributed by atoms with van der Waals surface area (Å²) in [5, 5.41) is 10.2. The lowest BCUT2D eigenvalue weighted by Crippen LogP contribution is -2.43. The molecule has 1 amide bonds. The van der Waals surface area contributed by atoms with E-state index in [0.717, 1.165) is 54.6 Å². The normalized spacial score (nSPS) is 22.6. The van der Waals surface area contributed by atoms with Gasteiger partial charge in [-0.15, -0.1) is 0 Å². The molecule has 0 radical (unpaired) electrons. The molecule has 0 aromatic heterocycles. The van der Waals surface area contributed by atoms with E-state index in [0.29, 0.717) is 12.3 Å². The molecule has 162 valence electrons. The Bertz CT molecular complexity index is 1070. The number of rotatable bonds is 4. The second-order valence-electron chi connectivity index (χ2n) is 8.59. The van der Waals surface area contributed by atoms with Crippen LogP contribution >= 0.6 is 0 Å². The van der Waals surface area contributed by atoms with E-state index in [1.807, 2.05) is 24.1 Å². The van der Waals surface area contributed by atoms with Crippen LogP contribution in [0.15, 0.2) is 40.7 Å². The van der Waals surface area contributed by atoms with Crippen molar-refractivity contribution in [2.75, 3.05) is 18.5 Å². The average Bonchev–Trinajstić information content (AvgIpc) is 3.51. The molecule has 2 atom stereocenters. The highest BCUT2D eigenvalue weighted by Gasteiger charge is 2.39. The van der Waals surface area contributed by atoms with Gasteiger partial charge in [-0.25, -0.2) is 8.78 Å². The third-order valence-corrected chi connectivity index (χ3v) is 6.19. The van der Waals surface area contributed by atoms with Crippen molar-refractivity contribution in [1.82, 2.24) is 5.01 Å². The summed E-state index contributed by atoms with van der Waals surface area (Å²) in [5.41, 5.74) is 2.56. The SMILES string of the molecule is CC1CCc2c(ccc(C3CN(C)N=N3)c2Oc2ccc(F)c(F)c2)N1C(=O)C1CC1. The molecule has 5 rings (SSSR count). The van der Waals surface area contributed by atoms with Crippen molar-refractivity contribution < 1.29 is 18.3 Å². The van der Waals surface area contributed by atoms with Crippen LogP contribution in [-0.2, 0) is 11.2 Å². The Morgan fingerprint density at radius 2 is 1.94 bits per heavy atom. The molecule has 2 aromatic rings. The van der Waals surface area contributed by atoms with Crippen LogP contribution in [0, 0.1) is 17.6 Å². The summed E-state index contributed by atoms with van der Waals surface area (Å²) in [5.74, 6) is -0.882. The number of halogens is 2. The predicted octanol–water partition coefficient (Wildman–Crippen LogP) is 5.19. The highest BCUT2D eigenvalue weighted by atomic mass is 19.2. The summed E-state index contributed by atoms with van der Waals surface area (Å²) in [7, 11) is 1.84. The fraction of sp³-hybridized carbons (Fsp3) is 0.435. The summed E-state index contributed by atoms with van der Waals surface area (Å²) >= 11 is 0. The van der Waals surface area contributed by atoms with Crippen LogP contribution in [0.1, 0.15) is 43.4 Å². The molecule has 2 unspecified atom stereocenters. The molecule has 2 heterocycles. The molecule has 1 saturated carbocycles. The number of hydrogen-bond acceptors (Lipinski definition) is 5. The van der Waals surface area contributed by atoms with Crippen molar-refractivity contribution >= 4 is 11.6 Å². The molecule has 0 bridgehead atoms. The summed E-state index contributed by atoms with van der Waals surface area (Å²) in [6.45, 7) is 2.65. The van der Waals surface area contributed by atoms with Gasteiger partial charge < -0.3 is 9.64 Å². The van der Waals surface area contributed by atoms with E-state index in [1.165, 1.54) is 6.07 Å². The van der Waals surface area contributed by atoms with Gasteiger partial charge >= 0.3 is 0 Å². The molecule has 0 saturated heterocycles. The number of benzene rings is 2. The molecule has 1 aliphatic carbocycles. The second kappa shape index (κ2) is 7.59. The molecular weight excluding hydrogens is 402 g/mol. The Labute approximate surface area is 179 Å². The van der Waals surface area contributed by atoms with Crippen LogP contribution in [0.5, 0.6) is 11.5 Å². The number of fused-ring (bicyclic) bond motifs is 1. The Balaban J connectivity index is 1.61. The lowest BCUT2D eigenvalue weighted by atomic mass is 9.91. The minimum atomic E-state index is -0.969. The minimum Gasteiger partial charge on any atom is -0.457 e. The molecule has 8 heteroatoms. The van der Waals surface area contributed by atoms with Crippen molar-refractivity contribution in [1.29, 1.82) is 0 Å². The van der Waals surface area contributed by atoms with Gasteiger partial charge in [0.1, 0.15) is 17.5 Å². The van der Waals surface area contributed by atoms with Gasteiger partial charge in [0, 0.05) is 36.2 Å². The van der Waals surface area contributed by atoms with Gasteiger partial charge in [0.15, 0.2) is 11.6 Å². The first-order valence-corrected chi connectivity index (χ1v) is 10.7. The number of amides is 1. The lowest BCUT2D eigenvalue weighted by molar-refractivity contribution is -0.120. The maximum atomic E-state index is 13.8. The summed E-state index contributed by atoms with van der Waals surface area (Å²) in [6, 6.07) is 7.24. The maximum absolute atomic E-state index is 13.8. The number of ether oxygens (including phenoxy) is 1. The molecule has 2 aliphatic heterocycles. The zero-order chi connectivity index (χ0) is 21.7. The zero-order valence-electron chi connectivity index (χ0n) is 17.5. The topological polar surface area (TPSA) is 57.5 Å². The molecule has 1 fully saturated rings. The van der Waals surface area contributed by atoms with E-state index in [4.69, 9.17) is 4.74 Å². The van der Waals surface area contributed by atoms with Crippen LogP contribution in [0.25, 0.3) is 0 Å². The quantitative estimate of drug-likeness (QED) is 0.676. The van der Waals surface area contributed by atoms with Crippen molar-refractivity contribution in [3.05, 3.63) is 53.1 Å². The van der Waals surface area contributed by atoms with Gasteiger partial charge in [0.05, 0.1) is 12.2 Å². The molecular formula is C23H24F2N4O2. The van der Waals surface area contributed by atoms with E-state index in [2.05, 4.69) is 17.3 Å². The largest absolute Gasteiger partial charge is 0.457 e. The van der Waals surface area contributed by atoms with Gasteiger partial charge in [-0.3, -0.25) is 9.80 Å². The predicted molar refractivity (Wildman–Crippen MR) is 111 cm³/mol. The van der Waals surface area contributed by atoms with Gasteiger partial charge in [0.2, 0.25) is 5.91 Å². The number of carbonyl (C=O) groups excluding carboxylic acids is 1. The summed E-state index contributed by atoms with van der Waals surface area (Å²) in [6.07, 6.45) is 3.39. The Morgan fingerprint density at radius 1 is 1.13 bits per heavy atom. The van der Waals surface area contributed by atoms with Crippen molar-refractivity contribution in [2.24, 2.45) is 16.3 Å². The van der Waals surface area contributed by atoms with Crippen LogP contribution in [0.4, 0.5) is 14.5 Å². The number of likely N-dealkylation sites (N-methyl/N-ethyl adjacent to an activating group) is 1. The summed E-state index contributed by atoms with van der Waals surface area (Å²) in [4.78, 5) is 14.9. The minimum absolute atomic E-state index is 0.0971. The van der Waals surface area contributed by atoms with E-state index in [-0.39, 0.29) is 29.7 Å². The highest BCUT2D eigenvalue weighted by Crippen LogP contribution is 2.46. The molecule has 0 spiro atoms. The Hall–Kier alpha value is -3.03. The van der Waals surface area contributed by atoms with Crippen LogP contribution in [0.2, 0.25) is 0 Å². The number of hydrogen-bond donors (Lipinski definition) is 0. The number of anilines is 1. The number of carbonyl (C=O) groups is 1. The van der Waals surface area contributed by atoms with Crippen molar-refractivity contribution in [2.45, 2.75) is 44.7 Å². The van der Waals surface area contributed by atoms with E-state index in [9.17, 15) is 13.6 Å². The smallest absolute Gasteiger partial charge is 0.230 e.